The van der Waals surface area contributed by atoms with Gasteiger partial charge in [0.1, 0.15) is 5.82 Å². The maximum Gasteiger partial charge on any atom is 0.226 e. The molecule has 0 unspecified atom stereocenters. The summed E-state index contributed by atoms with van der Waals surface area (Å²) in [5.41, 5.74) is 7.49. The summed E-state index contributed by atoms with van der Waals surface area (Å²) in [5.74, 6) is -0.255. The largest absolute Gasteiger partial charge is 0.324 e. The van der Waals surface area contributed by atoms with Crippen molar-refractivity contribution >= 4 is 11.6 Å². The van der Waals surface area contributed by atoms with E-state index in [-0.39, 0.29) is 23.8 Å². The second kappa shape index (κ2) is 4.45. The highest BCUT2D eigenvalue weighted by molar-refractivity contribution is 5.95. The molecule has 1 aromatic carbocycles. The summed E-state index contributed by atoms with van der Waals surface area (Å²) in [6.07, 6.45) is 1.11. The fourth-order valence-corrected chi connectivity index (χ4v) is 2.43. The van der Waals surface area contributed by atoms with E-state index >= 15 is 0 Å². The number of carbonyl (C=O) groups excluding carboxylic acids is 1. The Balaban J connectivity index is 2.50. The zero-order chi connectivity index (χ0) is 12.6. The molecule has 0 aromatic heterocycles. The molecular formula is C13H17FN2O. The molecule has 92 valence electrons. The summed E-state index contributed by atoms with van der Waals surface area (Å²) in [6.45, 7) is 3.80. The highest BCUT2D eigenvalue weighted by atomic mass is 19.1. The Hall–Kier alpha value is -1.42. The molecule has 1 aliphatic rings. The first-order valence-electron chi connectivity index (χ1n) is 5.91. The van der Waals surface area contributed by atoms with Gasteiger partial charge in [0.05, 0.1) is 0 Å². The SMILES string of the molecule is CCC(=O)N1c2ccc(F)cc2[C@H](N)C[C@@H]1C. The number of benzene rings is 1. The smallest absolute Gasteiger partial charge is 0.226 e. The van der Waals surface area contributed by atoms with Gasteiger partial charge in [0, 0.05) is 24.2 Å². The molecule has 1 amide bonds. The standard InChI is InChI=1S/C13H17FN2O/c1-3-13(17)16-8(2)6-11(15)10-7-9(14)4-5-12(10)16/h4-5,7-8,11H,3,6,15H2,1-2H3/t8-,11+/m0/s1. The Kier molecular flexibility index (Phi) is 3.15. The van der Waals surface area contributed by atoms with Crippen molar-refractivity contribution in [3.05, 3.63) is 29.6 Å². The molecule has 4 heteroatoms. The maximum atomic E-state index is 13.2. The van der Waals surface area contributed by atoms with E-state index < -0.39 is 0 Å². The van der Waals surface area contributed by atoms with Crippen LogP contribution in [0, 0.1) is 5.82 Å². The number of nitrogens with two attached hydrogens (primary N) is 1. The predicted octanol–water partition coefficient (Wildman–Crippen LogP) is 2.36. The molecule has 3 nitrogen and oxygen atoms in total. The van der Waals surface area contributed by atoms with Crippen LogP contribution in [-0.4, -0.2) is 11.9 Å². The summed E-state index contributed by atoms with van der Waals surface area (Å²) >= 11 is 0. The highest BCUT2D eigenvalue weighted by Gasteiger charge is 2.31. The van der Waals surface area contributed by atoms with Crippen molar-refractivity contribution in [3.63, 3.8) is 0 Å². The molecule has 0 bridgehead atoms. The number of halogens is 1. The Morgan fingerprint density at radius 1 is 1.59 bits per heavy atom. The quantitative estimate of drug-likeness (QED) is 0.813. The lowest BCUT2D eigenvalue weighted by Crippen LogP contribution is -2.44. The van der Waals surface area contributed by atoms with Gasteiger partial charge < -0.3 is 10.6 Å². The van der Waals surface area contributed by atoms with Gasteiger partial charge in [-0.15, -0.1) is 0 Å². The minimum absolute atomic E-state index is 0.0530. The number of hydrogen-bond acceptors (Lipinski definition) is 2. The van der Waals surface area contributed by atoms with Crippen LogP contribution < -0.4 is 10.6 Å². The minimum Gasteiger partial charge on any atom is -0.324 e. The van der Waals surface area contributed by atoms with E-state index in [0.29, 0.717) is 12.8 Å². The molecule has 2 N–H and O–H groups in total. The third-order valence-corrected chi connectivity index (χ3v) is 3.26. The number of anilines is 1. The van der Waals surface area contributed by atoms with Crippen LogP contribution in [0.2, 0.25) is 0 Å². The van der Waals surface area contributed by atoms with Gasteiger partial charge in [-0.3, -0.25) is 4.79 Å². The van der Waals surface area contributed by atoms with E-state index in [1.807, 2.05) is 13.8 Å². The van der Waals surface area contributed by atoms with Gasteiger partial charge in [-0.05, 0) is 37.1 Å². The lowest BCUT2D eigenvalue weighted by atomic mass is 9.92. The number of nitrogens with zero attached hydrogens (tertiary/aromatic N) is 1. The van der Waals surface area contributed by atoms with Crippen LogP contribution in [-0.2, 0) is 4.79 Å². The first-order chi connectivity index (χ1) is 8.04. The summed E-state index contributed by atoms with van der Waals surface area (Å²) in [7, 11) is 0. The van der Waals surface area contributed by atoms with E-state index in [9.17, 15) is 9.18 Å². The number of carbonyl (C=O) groups is 1. The molecule has 0 saturated heterocycles. The summed E-state index contributed by atoms with van der Waals surface area (Å²) in [5, 5.41) is 0. The number of fused-ring (bicyclic) bond motifs is 1. The van der Waals surface area contributed by atoms with E-state index in [1.165, 1.54) is 12.1 Å². The van der Waals surface area contributed by atoms with Crippen LogP contribution in [0.3, 0.4) is 0 Å². The van der Waals surface area contributed by atoms with Gasteiger partial charge >= 0.3 is 0 Å². The van der Waals surface area contributed by atoms with Crippen LogP contribution in [0.4, 0.5) is 10.1 Å². The van der Waals surface area contributed by atoms with Crippen molar-refractivity contribution < 1.29 is 9.18 Å². The van der Waals surface area contributed by atoms with Crippen LogP contribution in [0.15, 0.2) is 18.2 Å². The molecule has 0 fully saturated rings. The number of rotatable bonds is 1. The maximum absolute atomic E-state index is 13.2. The van der Waals surface area contributed by atoms with Crippen molar-refractivity contribution in [1.82, 2.24) is 0 Å². The zero-order valence-corrected chi connectivity index (χ0v) is 10.1. The molecule has 1 heterocycles. The Morgan fingerprint density at radius 3 is 2.94 bits per heavy atom. The molecule has 0 aliphatic carbocycles. The lowest BCUT2D eigenvalue weighted by Gasteiger charge is -2.38. The van der Waals surface area contributed by atoms with Crippen LogP contribution >= 0.6 is 0 Å². The van der Waals surface area contributed by atoms with Crippen LogP contribution in [0.1, 0.15) is 38.3 Å². The minimum atomic E-state index is -0.308. The lowest BCUT2D eigenvalue weighted by molar-refractivity contribution is -0.118. The molecule has 2 rings (SSSR count). The average Bonchev–Trinajstić information content (AvgIpc) is 2.29. The molecular weight excluding hydrogens is 219 g/mol. The predicted molar refractivity (Wildman–Crippen MR) is 65.2 cm³/mol. The van der Waals surface area contributed by atoms with Gasteiger partial charge in [0.2, 0.25) is 5.91 Å². The van der Waals surface area contributed by atoms with Crippen molar-refractivity contribution in [2.75, 3.05) is 4.90 Å². The number of hydrogen-bond donors (Lipinski definition) is 1. The molecule has 1 aromatic rings. The molecule has 0 radical (unpaired) electrons. The van der Waals surface area contributed by atoms with E-state index in [1.54, 1.807) is 11.0 Å². The van der Waals surface area contributed by atoms with Crippen LogP contribution in [0.5, 0.6) is 0 Å². The molecule has 2 atom stereocenters. The number of amides is 1. The first-order valence-corrected chi connectivity index (χ1v) is 5.91. The summed E-state index contributed by atoms with van der Waals surface area (Å²) in [4.78, 5) is 13.7. The van der Waals surface area contributed by atoms with Gasteiger partial charge in [0.25, 0.3) is 0 Å². The molecule has 0 saturated carbocycles. The Morgan fingerprint density at radius 2 is 2.29 bits per heavy atom. The van der Waals surface area contributed by atoms with E-state index in [4.69, 9.17) is 5.73 Å². The highest BCUT2D eigenvalue weighted by Crippen LogP contribution is 2.36. The monoisotopic (exact) mass is 236 g/mol. The van der Waals surface area contributed by atoms with Crippen molar-refractivity contribution in [2.45, 2.75) is 38.8 Å². The molecule has 17 heavy (non-hydrogen) atoms. The zero-order valence-electron chi connectivity index (χ0n) is 10.1. The third-order valence-electron chi connectivity index (χ3n) is 3.26. The van der Waals surface area contributed by atoms with Gasteiger partial charge in [-0.2, -0.15) is 0 Å². The van der Waals surface area contributed by atoms with Crippen molar-refractivity contribution in [3.8, 4) is 0 Å². The van der Waals surface area contributed by atoms with E-state index in [0.717, 1.165) is 11.3 Å². The van der Waals surface area contributed by atoms with Crippen molar-refractivity contribution in [2.24, 2.45) is 5.73 Å². The van der Waals surface area contributed by atoms with Gasteiger partial charge in [-0.25, -0.2) is 4.39 Å². The van der Waals surface area contributed by atoms with Gasteiger partial charge in [0.15, 0.2) is 0 Å². The molecule has 0 spiro atoms. The second-order valence-electron chi connectivity index (χ2n) is 4.51. The first kappa shape index (κ1) is 12.0. The topological polar surface area (TPSA) is 46.3 Å². The Labute approximate surface area is 100 Å². The molecule has 1 aliphatic heterocycles. The summed E-state index contributed by atoms with van der Waals surface area (Å²) in [6, 6.07) is 4.32. The fraction of sp³-hybridized carbons (Fsp3) is 0.462. The summed E-state index contributed by atoms with van der Waals surface area (Å²) < 4.78 is 13.2. The second-order valence-corrected chi connectivity index (χ2v) is 4.51. The average molecular weight is 236 g/mol. The van der Waals surface area contributed by atoms with Crippen molar-refractivity contribution in [1.29, 1.82) is 0 Å². The van der Waals surface area contributed by atoms with Gasteiger partial charge in [-0.1, -0.05) is 6.92 Å². The third kappa shape index (κ3) is 2.05. The normalized spacial score (nSPS) is 23.4. The van der Waals surface area contributed by atoms with Crippen LogP contribution in [0.25, 0.3) is 0 Å². The van der Waals surface area contributed by atoms with E-state index in [2.05, 4.69) is 0 Å². The Bertz CT molecular complexity index is 447. The fourth-order valence-electron chi connectivity index (χ4n) is 2.43.